The molecule has 0 radical (unpaired) electrons. The smallest absolute Gasteiger partial charge is 0.306 e. The number of carbonyl (C=O) groups is 1. The number of aliphatic carboxylic acids is 1. The molecule has 0 fully saturated rings. The second kappa shape index (κ2) is 4.75. The quantitative estimate of drug-likeness (QED) is 0.793. The van der Waals surface area contributed by atoms with Crippen molar-refractivity contribution in [1.82, 2.24) is 0 Å². The molecule has 0 amide bonds. The van der Waals surface area contributed by atoms with Gasteiger partial charge < -0.3 is 14.9 Å². The van der Waals surface area contributed by atoms with E-state index in [4.69, 9.17) is 9.84 Å². The van der Waals surface area contributed by atoms with Gasteiger partial charge in [-0.1, -0.05) is 12.1 Å². The Balaban J connectivity index is 3.02. The van der Waals surface area contributed by atoms with Crippen LogP contribution in [0.2, 0.25) is 0 Å². The number of rotatable bonds is 4. The largest absolute Gasteiger partial charge is 0.493 e. The summed E-state index contributed by atoms with van der Waals surface area (Å²) in [6.45, 7) is 0. The van der Waals surface area contributed by atoms with Gasteiger partial charge in [-0.05, 0) is 6.07 Å². The average Bonchev–Trinajstić information content (AvgIpc) is 2.16. The molecule has 4 nitrogen and oxygen atoms in total. The van der Waals surface area contributed by atoms with E-state index in [1.165, 1.54) is 25.3 Å². The first kappa shape index (κ1) is 11.5. The van der Waals surface area contributed by atoms with Crippen LogP contribution in [0.4, 0.5) is 4.39 Å². The summed E-state index contributed by atoms with van der Waals surface area (Å²) >= 11 is 0. The van der Waals surface area contributed by atoms with Crippen LogP contribution >= 0.6 is 0 Å². The van der Waals surface area contributed by atoms with Gasteiger partial charge in [0.15, 0.2) is 11.6 Å². The zero-order chi connectivity index (χ0) is 11.4. The molecule has 0 unspecified atom stereocenters. The Hall–Kier alpha value is -1.62. The predicted molar refractivity (Wildman–Crippen MR) is 50.2 cm³/mol. The zero-order valence-electron chi connectivity index (χ0n) is 8.11. The van der Waals surface area contributed by atoms with Crippen molar-refractivity contribution in [2.75, 3.05) is 7.11 Å². The Kier molecular flexibility index (Phi) is 3.62. The van der Waals surface area contributed by atoms with Crippen LogP contribution in [-0.2, 0) is 4.79 Å². The molecule has 1 rings (SSSR count). The molecule has 0 aliphatic rings. The number of methoxy groups -OCH3 is 1. The SMILES string of the molecule is COc1c(F)cccc1[C@@H](O)CC(=O)O. The van der Waals surface area contributed by atoms with Gasteiger partial charge in [0.2, 0.25) is 0 Å². The van der Waals surface area contributed by atoms with E-state index >= 15 is 0 Å². The number of hydrogen-bond donors (Lipinski definition) is 2. The van der Waals surface area contributed by atoms with Crippen molar-refractivity contribution in [2.24, 2.45) is 0 Å². The highest BCUT2D eigenvalue weighted by Gasteiger charge is 2.18. The summed E-state index contributed by atoms with van der Waals surface area (Å²) in [7, 11) is 1.26. The van der Waals surface area contributed by atoms with Crippen molar-refractivity contribution in [3.05, 3.63) is 29.6 Å². The van der Waals surface area contributed by atoms with Gasteiger partial charge in [-0.15, -0.1) is 0 Å². The molecule has 15 heavy (non-hydrogen) atoms. The summed E-state index contributed by atoms with van der Waals surface area (Å²) in [5.41, 5.74) is 0.139. The van der Waals surface area contributed by atoms with E-state index < -0.39 is 24.3 Å². The average molecular weight is 214 g/mol. The molecule has 0 bridgehead atoms. The Morgan fingerprint density at radius 1 is 1.60 bits per heavy atom. The molecule has 0 aromatic heterocycles. The van der Waals surface area contributed by atoms with Gasteiger partial charge in [-0.3, -0.25) is 4.79 Å². The van der Waals surface area contributed by atoms with Crippen LogP contribution < -0.4 is 4.74 Å². The maximum atomic E-state index is 13.2. The van der Waals surface area contributed by atoms with Gasteiger partial charge in [0.05, 0.1) is 19.6 Å². The normalized spacial score (nSPS) is 12.2. The molecular weight excluding hydrogens is 203 g/mol. The predicted octanol–water partition coefficient (Wildman–Crippen LogP) is 1.34. The second-order valence-electron chi connectivity index (χ2n) is 2.98. The lowest BCUT2D eigenvalue weighted by molar-refractivity contribution is -0.139. The van der Waals surface area contributed by atoms with Crippen molar-refractivity contribution >= 4 is 5.97 Å². The van der Waals surface area contributed by atoms with Crippen molar-refractivity contribution in [3.63, 3.8) is 0 Å². The number of ether oxygens (including phenoxy) is 1. The van der Waals surface area contributed by atoms with Crippen LogP contribution in [0.25, 0.3) is 0 Å². The third kappa shape index (κ3) is 2.66. The fraction of sp³-hybridized carbons (Fsp3) is 0.300. The molecule has 82 valence electrons. The van der Waals surface area contributed by atoms with Gasteiger partial charge in [0.25, 0.3) is 0 Å². The number of para-hydroxylation sites is 1. The number of aliphatic hydroxyl groups is 1. The summed E-state index contributed by atoms with van der Waals surface area (Å²) in [6, 6.07) is 3.99. The van der Waals surface area contributed by atoms with E-state index in [1.54, 1.807) is 0 Å². The van der Waals surface area contributed by atoms with Gasteiger partial charge >= 0.3 is 5.97 Å². The number of carboxylic acids is 1. The molecule has 2 N–H and O–H groups in total. The van der Waals surface area contributed by atoms with Gasteiger partial charge in [-0.2, -0.15) is 0 Å². The highest BCUT2D eigenvalue weighted by atomic mass is 19.1. The first-order valence-electron chi connectivity index (χ1n) is 4.28. The lowest BCUT2D eigenvalue weighted by Crippen LogP contribution is -2.07. The van der Waals surface area contributed by atoms with Crippen LogP contribution in [0.5, 0.6) is 5.75 Å². The third-order valence-corrected chi connectivity index (χ3v) is 1.93. The number of benzene rings is 1. The van der Waals surface area contributed by atoms with Crippen LogP contribution in [0.1, 0.15) is 18.1 Å². The molecule has 0 spiro atoms. The standard InChI is InChI=1S/C10H11FO4/c1-15-10-6(3-2-4-7(10)11)8(12)5-9(13)14/h2-4,8,12H,5H2,1H3,(H,13,14)/t8-/m0/s1. The molecule has 1 aromatic rings. The fourth-order valence-electron chi connectivity index (χ4n) is 1.28. The van der Waals surface area contributed by atoms with E-state index in [0.29, 0.717) is 0 Å². The zero-order valence-corrected chi connectivity index (χ0v) is 8.11. The lowest BCUT2D eigenvalue weighted by atomic mass is 10.1. The minimum Gasteiger partial charge on any atom is -0.493 e. The molecule has 0 saturated carbocycles. The van der Waals surface area contributed by atoms with Gasteiger partial charge in [0.1, 0.15) is 0 Å². The van der Waals surface area contributed by atoms with Crippen molar-refractivity contribution in [1.29, 1.82) is 0 Å². The Bertz CT molecular complexity index is 364. The minimum atomic E-state index is -1.27. The maximum Gasteiger partial charge on any atom is 0.306 e. The van der Waals surface area contributed by atoms with Crippen molar-refractivity contribution < 1.29 is 24.1 Å². The molecule has 1 atom stereocenters. The summed E-state index contributed by atoms with van der Waals surface area (Å²) in [6.07, 6.45) is -1.76. The van der Waals surface area contributed by atoms with E-state index in [-0.39, 0.29) is 11.3 Å². The maximum absolute atomic E-state index is 13.2. The van der Waals surface area contributed by atoms with E-state index in [2.05, 4.69) is 0 Å². The minimum absolute atomic E-state index is 0.119. The topological polar surface area (TPSA) is 66.8 Å². The van der Waals surface area contributed by atoms with E-state index in [9.17, 15) is 14.3 Å². The van der Waals surface area contributed by atoms with Crippen molar-refractivity contribution in [2.45, 2.75) is 12.5 Å². The van der Waals surface area contributed by atoms with Gasteiger partial charge in [-0.25, -0.2) is 4.39 Å². The van der Waals surface area contributed by atoms with Crippen LogP contribution in [0.3, 0.4) is 0 Å². The highest BCUT2D eigenvalue weighted by Crippen LogP contribution is 2.29. The van der Waals surface area contributed by atoms with E-state index in [1.807, 2.05) is 0 Å². The highest BCUT2D eigenvalue weighted by molar-refractivity contribution is 5.68. The molecule has 1 aromatic carbocycles. The number of hydrogen-bond acceptors (Lipinski definition) is 3. The monoisotopic (exact) mass is 214 g/mol. The van der Waals surface area contributed by atoms with Crippen LogP contribution in [0.15, 0.2) is 18.2 Å². The number of aliphatic hydroxyl groups excluding tert-OH is 1. The molecule has 0 heterocycles. The Morgan fingerprint density at radius 3 is 2.80 bits per heavy atom. The summed E-state index contributed by atoms with van der Waals surface area (Å²) in [5.74, 6) is -1.90. The van der Waals surface area contributed by atoms with Crippen LogP contribution in [0, 0.1) is 5.82 Å². The summed E-state index contributed by atoms with van der Waals surface area (Å²) < 4.78 is 17.9. The lowest BCUT2D eigenvalue weighted by Gasteiger charge is -2.13. The Morgan fingerprint density at radius 2 is 2.27 bits per heavy atom. The molecule has 5 heteroatoms. The summed E-state index contributed by atoms with van der Waals surface area (Å²) in [5, 5.41) is 18.0. The second-order valence-corrected chi connectivity index (χ2v) is 2.98. The van der Waals surface area contributed by atoms with Crippen LogP contribution in [-0.4, -0.2) is 23.3 Å². The summed E-state index contributed by atoms with van der Waals surface area (Å²) in [4.78, 5) is 10.4. The molecule has 0 saturated heterocycles. The first-order valence-corrected chi connectivity index (χ1v) is 4.28. The fourth-order valence-corrected chi connectivity index (χ4v) is 1.28. The van der Waals surface area contributed by atoms with Gasteiger partial charge in [0, 0.05) is 5.56 Å². The number of halogens is 1. The third-order valence-electron chi connectivity index (χ3n) is 1.93. The first-order chi connectivity index (χ1) is 7.06. The molecule has 0 aliphatic carbocycles. The van der Waals surface area contributed by atoms with E-state index in [0.717, 1.165) is 0 Å². The molecule has 0 aliphatic heterocycles. The number of carboxylic acid groups (broad SMARTS) is 1. The van der Waals surface area contributed by atoms with Crippen molar-refractivity contribution in [3.8, 4) is 5.75 Å². The molecular formula is C10H11FO4. The Labute approximate surface area is 85.9 Å².